The summed E-state index contributed by atoms with van der Waals surface area (Å²) in [6.45, 7) is 2.88. The second-order valence-electron chi connectivity index (χ2n) is 5.27. The molecule has 3 rings (SSSR count). The molecule has 0 radical (unpaired) electrons. The summed E-state index contributed by atoms with van der Waals surface area (Å²) in [7, 11) is 0. The molecule has 4 unspecified atom stereocenters. The van der Waals surface area contributed by atoms with Gasteiger partial charge in [0.2, 0.25) is 0 Å². The standard InChI is InChI=1S/C12H21N/c1-2-4-6-12-11(5-3-1)10-7-8-13(12)9-10/h10-12H,1-9H2. The molecule has 0 aromatic heterocycles. The van der Waals surface area contributed by atoms with Crippen molar-refractivity contribution < 1.29 is 0 Å². The topological polar surface area (TPSA) is 3.24 Å². The van der Waals surface area contributed by atoms with Crippen molar-refractivity contribution in [2.24, 2.45) is 11.8 Å². The van der Waals surface area contributed by atoms with Gasteiger partial charge < -0.3 is 0 Å². The van der Waals surface area contributed by atoms with Gasteiger partial charge in [-0.1, -0.05) is 25.7 Å². The van der Waals surface area contributed by atoms with E-state index in [2.05, 4.69) is 4.90 Å². The summed E-state index contributed by atoms with van der Waals surface area (Å²) in [4.78, 5) is 2.79. The fraction of sp³-hybridized carbons (Fsp3) is 1.00. The van der Waals surface area contributed by atoms with Crippen LogP contribution in [0, 0.1) is 11.8 Å². The van der Waals surface area contributed by atoms with Gasteiger partial charge in [-0.05, 0) is 37.6 Å². The minimum Gasteiger partial charge on any atom is -0.300 e. The molecule has 1 aliphatic carbocycles. The van der Waals surface area contributed by atoms with Gasteiger partial charge in [-0.25, -0.2) is 0 Å². The van der Waals surface area contributed by atoms with Crippen LogP contribution in [-0.4, -0.2) is 24.0 Å². The first-order chi connectivity index (χ1) is 6.45. The predicted octanol–water partition coefficient (Wildman–Crippen LogP) is 2.66. The fourth-order valence-electron chi connectivity index (χ4n) is 3.96. The molecule has 1 heteroatoms. The van der Waals surface area contributed by atoms with Crippen LogP contribution in [0.4, 0.5) is 0 Å². The van der Waals surface area contributed by atoms with Crippen LogP contribution in [0.1, 0.15) is 44.9 Å². The smallest absolute Gasteiger partial charge is 0.0127 e. The van der Waals surface area contributed by atoms with E-state index in [4.69, 9.17) is 0 Å². The lowest BCUT2D eigenvalue weighted by atomic mass is 9.79. The van der Waals surface area contributed by atoms with E-state index in [-0.39, 0.29) is 0 Å². The molecule has 2 heterocycles. The highest BCUT2D eigenvalue weighted by Gasteiger charge is 2.44. The van der Waals surface area contributed by atoms with Gasteiger partial charge in [-0.15, -0.1) is 0 Å². The maximum atomic E-state index is 2.79. The first-order valence-electron chi connectivity index (χ1n) is 6.19. The Bertz CT molecular complexity index is 170. The van der Waals surface area contributed by atoms with Gasteiger partial charge in [0.05, 0.1) is 0 Å². The zero-order chi connectivity index (χ0) is 8.67. The van der Waals surface area contributed by atoms with Crippen LogP contribution in [-0.2, 0) is 0 Å². The molecular weight excluding hydrogens is 158 g/mol. The summed E-state index contributed by atoms with van der Waals surface area (Å²) in [6, 6.07) is 1.01. The number of fused-ring (bicyclic) bond motifs is 5. The lowest BCUT2D eigenvalue weighted by molar-refractivity contribution is 0.165. The van der Waals surface area contributed by atoms with Crippen molar-refractivity contribution in [1.29, 1.82) is 0 Å². The van der Waals surface area contributed by atoms with Crippen molar-refractivity contribution in [3.05, 3.63) is 0 Å². The number of hydrogen-bond donors (Lipinski definition) is 0. The van der Waals surface area contributed by atoms with E-state index in [1.807, 2.05) is 0 Å². The Morgan fingerprint density at radius 2 is 1.69 bits per heavy atom. The summed E-state index contributed by atoms with van der Waals surface area (Å²) in [5.74, 6) is 2.21. The van der Waals surface area contributed by atoms with E-state index in [1.54, 1.807) is 6.42 Å². The van der Waals surface area contributed by atoms with Crippen molar-refractivity contribution in [2.45, 2.75) is 51.0 Å². The van der Waals surface area contributed by atoms with Crippen molar-refractivity contribution >= 4 is 0 Å². The molecule has 3 fully saturated rings. The Morgan fingerprint density at radius 1 is 0.846 bits per heavy atom. The molecule has 1 saturated carbocycles. The molecule has 0 amide bonds. The van der Waals surface area contributed by atoms with Crippen LogP contribution in [0.3, 0.4) is 0 Å². The van der Waals surface area contributed by atoms with Crippen molar-refractivity contribution in [2.75, 3.05) is 13.1 Å². The normalized spacial score (nSPS) is 49.8. The van der Waals surface area contributed by atoms with E-state index in [0.29, 0.717) is 0 Å². The Morgan fingerprint density at radius 3 is 2.62 bits per heavy atom. The van der Waals surface area contributed by atoms with Crippen molar-refractivity contribution in [3.63, 3.8) is 0 Å². The van der Waals surface area contributed by atoms with Crippen molar-refractivity contribution in [1.82, 2.24) is 4.90 Å². The molecule has 2 aliphatic heterocycles. The quantitative estimate of drug-likeness (QED) is 0.552. The molecule has 4 atom stereocenters. The Kier molecular flexibility index (Phi) is 2.08. The largest absolute Gasteiger partial charge is 0.300 e. The van der Waals surface area contributed by atoms with E-state index >= 15 is 0 Å². The van der Waals surface area contributed by atoms with E-state index < -0.39 is 0 Å². The summed E-state index contributed by atoms with van der Waals surface area (Å²) < 4.78 is 0. The lowest BCUT2D eigenvalue weighted by Gasteiger charge is -2.34. The van der Waals surface area contributed by atoms with Crippen LogP contribution in [0.5, 0.6) is 0 Å². The van der Waals surface area contributed by atoms with Gasteiger partial charge in [0.1, 0.15) is 0 Å². The third-order valence-electron chi connectivity index (χ3n) is 4.61. The maximum Gasteiger partial charge on any atom is 0.0127 e. The van der Waals surface area contributed by atoms with Crippen LogP contribution in [0.25, 0.3) is 0 Å². The number of piperidine rings is 1. The molecule has 0 spiro atoms. The summed E-state index contributed by atoms with van der Waals surface area (Å²) in [5, 5.41) is 0. The van der Waals surface area contributed by atoms with E-state index in [1.165, 1.54) is 51.6 Å². The first kappa shape index (κ1) is 8.28. The molecule has 2 bridgehead atoms. The minimum absolute atomic E-state index is 1.01. The minimum atomic E-state index is 1.01. The molecular formula is C12H21N. The molecule has 0 aromatic rings. The molecule has 0 N–H and O–H groups in total. The van der Waals surface area contributed by atoms with Gasteiger partial charge in [0.15, 0.2) is 0 Å². The second-order valence-corrected chi connectivity index (χ2v) is 5.27. The maximum absolute atomic E-state index is 2.79. The zero-order valence-electron chi connectivity index (χ0n) is 8.54. The Hall–Kier alpha value is -0.0400. The fourth-order valence-corrected chi connectivity index (χ4v) is 3.96. The number of rotatable bonds is 0. The van der Waals surface area contributed by atoms with Gasteiger partial charge in [0, 0.05) is 12.6 Å². The molecule has 3 aliphatic rings. The Balaban J connectivity index is 1.74. The average molecular weight is 179 g/mol. The predicted molar refractivity (Wildman–Crippen MR) is 54.7 cm³/mol. The Labute approximate surface area is 81.5 Å². The van der Waals surface area contributed by atoms with Crippen LogP contribution < -0.4 is 0 Å². The van der Waals surface area contributed by atoms with Crippen LogP contribution in [0.2, 0.25) is 0 Å². The highest BCUT2D eigenvalue weighted by atomic mass is 15.2. The van der Waals surface area contributed by atoms with Gasteiger partial charge in [0.25, 0.3) is 0 Å². The third-order valence-corrected chi connectivity index (χ3v) is 4.61. The molecule has 1 nitrogen and oxygen atoms in total. The molecule has 2 saturated heterocycles. The molecule has 13 heavy (non-hydrogen) atoms. The summed E-state index contributed by atoms with van der Waals surface area (Å²) >= 11 is 0. The van der Waals surface area contributed by atoms with Gasteiger partial charge in [-0.3, -0.25) is 4.90 Å². The summed E-state index contributed by atoms with van der Waals surface area (Å²) in [5.41, 5.74) is 0. The highest BCUT2D eigenvalue weighted by molar-refractivity contribution is 4.98. The molecule has 74 valence electrons. The first-order valence-corrected chi connectivity index (χ1v) is 6.19. The lowest BCUT2D eigenvalue weighted by Crippen LogP contribution is -2.36. The van der Waals surface area contributed by atoms with Crippen LogP contribution in [0.15, 0.2) is 0 Å². The average Bonchev–Trinajstić information content (AvgIpc) is 2.62. The monoisotopic (exact) mass is 179 g/mol. The van der Waals surface area contributed by atoms with E-state index in [9.17, 15) is 0 Å². The SMILES string of the molecule is C1CCCC2C(CC1)C1CCN2C1. The molecule has 0 aromatic carbocycles. The number of nitrogens with zero attached hydrogens (tertiary/aromatic N) is 1. The third kappa shape index (κ3) is 1.32. The van der Waals surface area contributed by atoms with Crippen LogP contribution >= 0.6 is 0 Å². The number of hydrogen-bond acceptors (Lipinski definition) is 1. The summed E-state index contributed by atoms with van der Waals surface area (Å²) in [6.07, 6.45) is 10.6. The highest BCUT2D eigenvalue weighted by Crippen LogP contribution is 2.43. The van der Waals surface area contributed by atoms with Crippen molar-refractivity contribution in [3.8, 4) is 0 Å². The van der Waals surface area contributed by atoms with Gasteiger partial charge in [-0.2, -0.15) is 0 Å². The van der Waals surface area contributed by atoms with E-state index in [0.717, 1.165) is 17.9 Å². The van der Waals surface area contributed by atoms with Gasteiger partial charge >= 0.3 is 0 Å². The second kappa shape index (κ2) is 3.27. The zero-order valence-corrected chi connectivity index (χ0v) is 8.54.